The van der Waals surface area contributed by atoms with Gasteiger partial charge < -0.3 is 11.1 Å². The summed E-state index contributed by atoms with van der Waals surface area (Å²) in [5.41, 5.74) is 5.75. The summed E-state index contributed by atoms with van der Waals surface area (Å²) in [6, 6.07) is 7.24. The molecule has 0 unspecified atom stereocenters. The fourth-order valence-corrected chi connectivity index (χ4v) is 2.06. The fourth-order valence-electron chi connectivity index (χ4n) is 1.14. The Morgan fingerprint density at radius 2 is 2.06 bits per heavy atom. The molecule has 0 aliphatic rings. The number of primary amides is 1. The topological polar surface area (TPSA) is 72.2 Å². The van der Waals surface area contributed by atoms with Crippen LogP contribution in [0.5, 0.6) is 0 Å². The molecule has 0 fully saturated rings. The lowest BCUT2D eigenvalue weighted by Gasteiger charge is -2.09. The first kappa shape index (κ1) is 13.9. The predicted octanol–water partition coefficient (Wildman–Crippen LogP) is 1.83. The number of hydrogen-bond donors (Lipinski definition) is 2. The number of nitrogens with two attached hydrogens (primary N) is 1. The van der Waals surface area contributed by atoms with E-state index in [1.165, 1.54) is 11.8 Å². The first-order chi connectivity index (χ1) is 8.13. The summed E-state index contributed by atoms with van der Waals surface area (Å²) in [5.74, 6) is -0.0748. The zero-order chi connectivity index (χ0) is 12.7. The van der Waals surface area contributed by atoms with Gasteiger partial charge in [-0.15, -0.1) is 23.4 Å². The van der Waals surface area contributed by atoms with Crippen molar-refractivity contribution >= 4 is 40.9 Å². The smallest absolute Gasteiger partial charge is 0.227 e. The number of anilines is 1. The number of nitrogens with one attached hydrogen (secondary N) is 1. The van der Waals surface area contributed by atoms with Crippen LogP contribution in [0.4, 0.5) is 5.69 Å². The molecule has 17 heavy (non-hydrogen) atoms. The van der Waals surface area contributed by atoms with Crippen molar-refractivity contribution in [2.24, 2.45) is 5.73 Å². The maximum absolute atomic E-state index is 11.4. The van der Waals surface area contributed by atoms with E-state index < -0.39 is 5.91 Å². The van der Waals surface area contributed by atoms with E-state index >= 15 is 0 Å². The molecule has 3 N–H and O–H groups in total. The number of carbonyl (C=O) groups is 2. The second kappa shape index (κ2) is 7.19. The average molecular weight is 273 g/mol. The Bertz CT molecular complexity index is 412. The molecule has 0 atom stereocenters. The van der Waals surface area contributed by atoms with Gasteiger partial charge in [-0.2, -0.15) is 0 Å². The number of amides is 2. The lowest BCUT2D eigenvalue weighted by atomic mass is 10.3. The van der Waals surface area contributed by atoms with Crippen molar-refractivity contribution in [1.29, 1.82) is 0 Å². The number of thioether (sulfide) groups is 1. The van der Waals surface area contributed by atoms with Gasteiger partial charge >= 0.3 is 0 Å². The van der Waals surface area contributed by atoms with E-state index in [2.05, 4.69) is 5.32 Å². The number of rotatable bonds is 6. The Balaban J connectivity index is 2.70. The fraction of sp³-hybridized carbons (Fsp3) is 0.273. The zero-order valence-corrected chi connectivity index (χ0v) is 10.7. The van der Waals surface area contributed by atoms with Gasteiger partial charge in [0.15, 0.2) is 0 Å². The molecule has 0 heterocycles. The van der Waals surface area contributed by atoms with E-state index in [0.717, 1.165) is 4.90 Å². The Kier molecular flexibility index (Phi) is 5.86. The molecule has 0 saturated heterocycles. The van der Waals surface area contributed by atoms with Crippen LogP contribution in [0, 0.1) is 0 Å². The minimum Gasteiger partial charge on any atom is -0.369 e. The van der Waals surface area contributed by atoms with Crippen molar-refractivity contribution in [2.75, 3.05) is 16.9 Å². The number of carbonyl (C=O) groups excluding carboxylic acids is 2. The summed E-state index contributed by atoms with van der Waals surface area (Å²) in [4.78, 5) is 22.9. The molecule has 1 aromatic rings. The van der Waals surface area contributed by atoms with Crippen LogP contribution in [0.3, 0.4) is 0 Å². The molecule has 2 amide bonds. The predicted molar refractivity (Wildman–Crippen MR) is 70.3 cm³/mol. The SMILES string of the molecule is NC(=O)CSc1ccccc1NC(=O)CCCl. The molecule has 0 radical (unpaired) electrons. The second-order valence-corrected chi connectivity index (χ2v) is 4.63. The number of hydrogen-bond acceptors (Lipinski definition) is 3. The van der Waals surface area contributed by atoms with E-state index in [1.807, 2.05) is 18.2 Å². The van der Waals surface area contributed by atoms with Crippen molar-refractivity contribution in [3.05, 3.63) is 24.3 Å². The molecular formula is C11H13ClN2O2S. The standard InChI is InChI=1S/C11H13ClN2O2S/c12-6-5-11(16)14-8-3-1-2-4-9(8)17-7-10(13)15/h1-4H,5-7H2,(H2,13,15)(H,14,16). The molecular weight excluding hydrogens is 260 g/mol. The number of para-hydroxylation sites is 1. The Morgan fingerprint density at radius 3 is 2.71 bits per heavy atom. The monoisotopic (exact) mass is 272 g/mol. The molecule has 4 nitrogen and oxygen atoms in total. The van der Waals surface area contributed by atoms with E-state index in [-0.39, 0.29) is 24.0 Å². The molecule has 6 heteroatoms. The number of alkyl halides is 1. The molecule has 0 aliphatic carbocycles. The highest BCUT2D eigenvalue weighted by atomic mass is 35.5. The molecule has 0 saturated carbocycles. The third-order valence-electron chi connectivity index (χ3n) is 1.85. The molecule has 0 aromatic heterocycles. The lowest BCUT2D eigenvalue weighted by Crippen LogP contribution is -2.14. The average Bonchev–Trinajstić information content (AvgIpc) is 2.28. The van der Waals surface area contributed by atoms with Crippen LogP contribution >= 0.6 is 23.4 Å². The highest BCUT2D eigenvalue weighted by molar-refractivity contribution is 8.00. The van der Waals surface area contributed by atoms with E-state index in [0.29, 0.717) is 5.69 Å². The summed E-state index contributed by atoms with van der Waals surface area (Å²) >= 11 is 6.77. The highest BCUT2D eigenvalue weighted by Crippen LogP contribution is 2.26. The first-order valence-electron chi connectivity index (χ1n) is 4.99. The Labute approximate surface area is 109 Å². The maximum atomic E-state index is 11.4. The van der Waals surface area contributed by atoms with Crippen molar-refractivity contribution in [3.8, 4) is 0 Å². The molecule has 1 aromatic carbocycles. The van der Waals surface area contributed by atoms with Crippen LogP contribution in [-0.4, -0.2) is 23.4 Å². The van der Waals surface area contributed by atoms with Gasteiger partial charge in [-0.05, 0) is 12.1 Å². The minimum absolute atomic E-state index is 0.146. The minimum atomic E-state index is -0.392. The second-order valence-electron chi connectivity index (χ2n) is 3.24. The number of benzene rings is 1. The third kappa shape index (κ3) is 5.10. The van der Waals surface area contributed by atoms with E-state index in [9.17, 15) is 9.59 Å². The van der Waals surface area contributed by atoms with E-state index in [1.54, 1.807) is 6.07 Å². The molecule has 92 valence electrons. The molecule has 0 bridgehead atoms. The van der Waals surface area contributed by atoms with Crippen molar-refractivity contribution < 1.29 is 9.59 Å². The summed E-state index contributed by atoms with van der Waals surface area (Å²) in [5, 5.41) is 2.74. The van der Waals surface area contributed by atoms with Gasteiger partial charge in [-0.25, -0.2) is 0 Å². The van der Waals surface area contributed by atoms with Crippen LogP contribution in [0.1, 0.15) is 6.42 Å². The summed E-state index contributed by atoms with van der Waals surface area (Å²) < 4.78 is 0. The maximum Gasteiger partial charge on any atom is 0.227 e. The van der Waals surface area contributed by atoms with Crippen LogP contribution < -0.4 is 11.1 Å². The molecule has 0 aliphatic heterocycles. The summed E-state index contributed by atoms with van der Waals surface area (Å²) in [6.07, 6.45) is 0.260. The van der Waals surface area contributed by atoms with Crippen LogP contribution in [0.15, 0.2) is 29.2 Å². The number of halogens is 1. The van der Waals surface area contributed by atoms with Gasteiger partial charge in [0.2, 0.25) is 11.8 Å². The van der Waals surface area contributed by atoms with Crippen LogP contribution in [0.2, 0.25) is 0 Å². The molecule has 1 rings (SSSR count). The Hall–Kier alpha value is -1.20. The van der Waals surface area contributed by atoms with Gasteiger partial charge in [-0.3, -0.25) is 9.59 Å². The quantitative estimate of drug-likeness (QED) is 0.613. The van der Waals surface area contributed by atoms with Gasteiger partial charge in [0.1, 0.15) is 0 Å². The van der Waals surface area contributed by atoms with Crippen molar-refractivity contribution in [1.82, 2.24) is 0 Å². The highest BCUT2D eigenvalue weighted by Gasteiger charge is 2.07. The Morgan fingerprint density at radius 1 is 1.35 bits per heavy atom. The zero-order valence-electron chi connectivity index (χ0n) is 9.11. The summed E-state index contributed by atoms with van der Waals surface area (Å²) in [7, 11) is 0. The van der Waals surface area contributed by atoms with Gasteiger partial charge in [0, 0.05) is 17.2 Å². The van der Waals surface area contributed by atoms with Gasteiger partial charge in [-0.1, -0.05) is 12.1 Å². The van der Waals surface area contributed by atoms with Crippen molar-refractivity contribution in [3.63, 3.8) is 0 Å². The van der Waals surface area contributed by atoms with Crippen LogP contribution in [-0.2, 0) is 9.59 Å². The largest absolute Gasteiger partial charge is 0.369 e. The van der Waals surface area contributed by atoms with Gasteiger partial charge in [0.25, 0.3) is 0 Å². The van der Waals surface area contributed by atoms with Gasteiger partial charge in [0.05, 0.1) is 11.4 Å². The normalized spacial score (nSPS) is 9.94. The van der Waals surface area contributed by atoms with Crippen molar-refractivity contribution in [2.45, 2.75) is 11.3 Å². The van der Waals surface area contributed by atoms with Crippen LogP contribution in [0.25, 0.3) is 0 Å². The first-order valence-corrected chi connectivity index (χ1v) is 6.51. The van der Waals surface area contributed by atoms with E-state index in [4.69, 9.17) is 17.3 Å². The summed E-state index contributed by atoms with van der Waals surface area (Å²) in [6.45, 7) is 0. The molecule has 0 spiro atoms. The lowest BCUT2D eigenvalue weighted by molar-refractivity contribution is -0.116. The third-order valence-corrected chi connectivity index (χ3v) is 3.14.